The van der Waals surface area contributed by atoms with Crippen molar-refractivity contribution in [1.29, 1.82) is 0 Å². The minimum atomic E-state index is -0.0871. The van der Waals surface area contributed by atoms with Gasteiger partial charge in [-0.3, -0.25) is 4.79 Å². The number of nitrogens with zero attached hydrogens (tertiary/aromatic N) is 3. The van der Waals surface area contributed by atoms with Gasteiger partial charge in [0.1, 0.15) is 5.82 Å². The van der Waals surface area contributed by atoms with Gasteiger partial charge < -0.3 is 19.4 Å². The lowest BCUT2D eigenvalue weighted by Crippen LogP contribution is -2.47. The van der Waals surface area contributed by atoms with Crippen LogP contribution in [-0.4, -0.2) is 64.3 Å². The van der Waals surface area contributed by atoms with Gasteiger partial charge in [0.25, 0.3) is 5.91 Å². The third kappa shape index (κ3) is 3.51. The highest BCUT2D eigenvalue weighted by Crippen LogP contribution is 2.18. The normalized spacial score (nSPS) is 18.8. The van der Waals surface area contributed by atoms with Crippen LogP contribution in [-0.2, 0) is 9.47 Å². The van der Waals surface area contributed by atoms with Gasteiger partial charge >= 0.3 is 0 Å². The van der Waals surface area contributed by atoms with Crippen LogP contribution in [0, 0.1) is 6.92 Å². The molecule has 1 aliphatic rings. The van der Waals surface area contributed by atoms with E-state index in [1.165, 1.54) is 0 Å². The smallest absolute Gasteiger partial charge is 0.256 e. The molecular formula is C16H22N4O3. The molecule has 124 valence electrons. The Hall–Kier alpha value is -1.99. The van der Waals surface area contributed by atoms with Crippen LogP contribution in [0.4, 0.5) is 0 Å². The average Bonchev–Trinajstić information content (AvgIpc) is 2.92. The number of aromatic amines is 1. The summed E-state index contributed by atoms with van der Waals surface area (Å²) < 4.78 is 11.3. The summed E-state index contributed by atoms with van der Waals surface area (Å²) in [4.78, 5) is 26.3. The zero-order valence-electron chi connectivity index (χ0n) is 13.7. The zero-order valence-corrected chi connectivity index (χ0v) is 13.7. The summed E-state index contributed by atoms with van der Waals surface area (Å²) in [6.45, 7) is 7.95. The van der Waals surface area contributed by atoms with Crippen molar-refractivity contribution >= 4 is 17.1 Å². The van der Waals surface area contributed by atoms with Crippen LogP contribution in [0.15, 0.2) is 12.3 Å². The molecule has 1 atom stereocenters. The van der Waals surface area contributed by atoms with Crippen LogP contribution in [0.2, 0.25) is 0 Å². The van der Waals surface area contributed by atoms with Gasteiger partial charge in [0.2, 0.25) is 0 Å². The second kappa shape index (κ2) is 6.64. The number of hydrogen-bond acceptors (Lipinski definition) is 5. The van der Waals surface area contributed by atoms with Crippen molar-refractivity contribution < 1.29 is 14.3 Å². The molecule has 0 spiro atoms. The molecule has 0 saturated carbocycles. The highest BCUT2D eigenvalue weighted by atomic mass is 16.5. The van der Waals surface area contributed by atoms with Crippen molar-refractivity contribution in [2.45, 2.75) is 33.0 Å². The van der Waals surface area contributed by atoms with Crippen molar-refractivity contribution in [3.8, 4) is 0 Å². The number of carbonyl (C=O) groups excluding carboxylic acids is 1. The largest absolute Gasteiger partial charge is 0.376 e. The molecule has 23 heavy (non-hydrogen) atoms. The number of rotatable bonds is 4. The molecule has 7 nitrogen and oxygen atoms in total. The molecule has 1 aliphatic heterocycles. The number of nitrogens with one attached hydrogen (secondary N) is 1. The molecule has 1 fully saturated rings. The molecule has 1 unspecified atom stereocenters. The third-order valence-corrected chi connectivity index (χ3v) is 3.78. The molecule has 3 rings (SSSR count). The van der Waals surface area contributed by atoms with E-state index in [0.717, 1.165) is 5.82 Å². The fourth-order valence-corrected chi connectivity index (χ4v) is 2.68. The monoisotopic (exact) mass is 318 g/mol. The lowest BCUT2D eigenvalue weighted by Gasteiger charge is -2.33. The van der Waals surface area contributed by atoms with Gasteiger partial charge in [-0.2, -0.15) is 0 Å². The quantitative estimate of drug-likeness (QED) is 0.925. The number of imidazole rings is 1. The van der Waals surface area contributed by atoms with E-state index in [0.29, 0.717) is 43.0 Å². The van der Waals surface area contributed by atoms with Crippen LogP contribution >= 0.6 is 0 Å². The van der Waals surface area contributed by atoms with Crippen LogP contribution in [0.5, 0.6) is 0 Å². The number of pyridine rings is 1. The molecule has 1 N–H and O–H groups in total. The molecule has 2 aromatic heterocycles. The van der Waals surface area contributed by atoms with Crippen LogP contribution in [0.1, 0.15) is 30.0 Å². The first kappa shape index (κ1) is 15.9. The standard InChI is InChI=1S/C16H22N4O3/c1-10(2)23-9-12-8-20(6-7-22-12)16(21)13-4-5-17-15-14(13)18-11(3)19-15/h4-5,10,12H,6-9H2,1-3H3,(H,17,18,19). The number of carbonyl (C=O) groups is 1. The second-order valence-electron chi connectivity index (χ2n) is 6.01. The maximum absolute atomic E-state index is 12.9. The van der Waals surface area contributed by atoms with E-state index in [9.17, 15) is 4.79 Å². The number of amides is 1. The van der Waals surface area contributed by atoms with Gasteiger partial charge in [-0.25, -0.2) is 9.97 Å². The number of morpholine rings is 1. The second-order valence-corrected chi connectivity index (χ2v) is 6.01. The zero-order chi connectivity index (χ0) is 16.4. The number of ether oxygens (including phenoxy) is 2. The van der Waals surface area contributed by atoms with E-state index in [1.807, 2.05) is 25.7 Å². The number of aromatic nitrogens is 3. The fraction of sp³-hybridized carbons (Fsp3) is 0.562. The Kier molecular flexibility index (Phi) is 4.58. The molecular weight excluding hydrogens is 296 g/mol. The molecule has 1 amide bonds. The summed E-state index contributed by atoms with van der Waals surface area (Å²) in [7, 11) is 0. The third-order valence-electron chi connectivity index (χ3n) is 3.78. The van der Waals surface area contributed by atoms with Gasteiger partial charge in [-0.05, 0) is 26.8 Å². The van der Waals surface area contributed by atoms with Crippen molar-refractivity contribution in [3.05, 3.63) is 23.7 Å². The minimum absolute atomic E-state index is 0.0288. The predicted molar refractivity (Wildman–Crippen MR) is 85.4 cm³/mol. The van der Waals surface area contributed by atoms with Gasteiger partial charge in [0.15, 0.2) is 5.65 Å². The SMILES string of the molecule is Cc1nc2nccc(C(=O)N3CCOC(COC(C)C)C3)c2[nH]1. The van der Waals surface area contributed by atoms with Crippen molar-refractivity contribution in [3.63, 3.8) is 0 Å². The Morgan fingerprint density at radius 1 is 1.57 bits per heavy atom. The van der Waals surface area contributed by atoms with Gasteiger partial charge in [0, 0.05) is 19.3 Å². The lowest BCUT2D eigenvalue weighted by molar-refractivity contribution is -0.0725. The first-order valence-electron chi connectivity index (χ1n) is 7.88. The van der Waals surface area contributed by atoms with E-state index in [1.54, 1.807) is 12.3 Å². The fourth-order valence-electron chi connectivity index (χ4n) is 2.68. The van der Waals surface area contributed by atoms with E-state index in [4.69, 9.17) is 9.47 Å². The number of fused-ring (bicyclic) bond motifs is 1. The first-order chi connectivity index (χ1) is 11.0. The molecule has 0 aliphatic carbocycles. The van der Waals surface area contributed by atoms with Crippen molar-refractivity contribution in [2.24, 2.45) is 0 Å². The summed E-state index contributed by atoms with van der Waals surface area (Å²) in [5.74, 6) is 0.719. The van der Waals surface area contributed by atoms with Crippen molar-refractivity contribution in [2.75, 3.05) is 26.3 Å². The maximum Gasteiger partial charge on any atom is 0.256 e. The Labute approximate surface area is 135 Å². The highest BCUT2D eigenvalue weighted by Gasteiger charge is 2.27. The van der Waals surface area contributed by atoms with E-state index < -0.39 is 0 Å². The van der Waals surface area contributed by atoms with Gasteiger partial charge in [-0.15, -0.1) is 0 Å². The lowest BCUT2D eigenvalue weighted by atomic mass is 10.2. The molecule has 7 heteroatoms. The molecule has 2 aromatic rings. The Morgan fingerprint density at radius 3 is 3.17 bits per heavy atom. The number of hydrogen-bond donors (Lipinski definition) is 1. The molecule has 0 bridgehead atoms. The predicted octanol–water partition coefficient (Wildman–Crippen LogP) is 1.53. The first-order valence-corrected chi connectivity index (χ1v) is 7.88. The van der Waals surface area contributed by atoms with Crippen LogP contribution in [0.25, 0.3) is 11.2 Å². The summed E-state index contributed by atoms with van der Waals surface area (Å²) in [6, 6.07) is 1.73. The average molecular weight is 318 g/mol. The van der Waals surface area contributed by atoms with Crippen molar-refractivity contribution in [1.82, 2.24) is 19.9 Å². The Balaban J connectivity index is 1.76. The number of aryl methyl sites for hydroxylation is 1. The highest BCUT2D eigenvalue weighted by molar-refractivity contribution is 6.04. The van der Waals surface area contributed by atoms with Crippen LogP contribution < -0.4 is 0 Å². The van der Waals surface area contributed by atoms with E-state index in [2.05, 4.69) is 15.0 Å². The van der Waals surface area contributed by atoms with Gasteiger partial charge in [-0.1, -0.05) is 0 Å². The molecule has 1 saturated heterocycles. The summed E-state index contributed by atoms with van der Waals surface area (Å²) in [6.07, 6.45) is 1.68. The van der Waals surface area contributed by atoms with E-state index in [-0.39, 0.29) is 18.1 Å². The Morgan fingerprint density at radius 2 is 2.39 bits per heavy atom. The maximum atomic E-state index is 12.9. The number of H-pyrrole nitrogens is 1. The summed E-state index contributed by atoms with van der Waals surface area (Å²) >= 11 is 0. The summed E-state index contributed by atoms with van der Waals surface area (Å²) in [5.41, 5.74) is 1.86. The van der Waals surface area contributed by atoms with Crippen LogP contribution in [0.3, 0.4) is 0 Å². The molecule has 3 heterocycles. The Bertz CT molecular complexity index is 698. The minimum Gasteiger partial charge on any atom is -0.376 e. The summed E-state index contributed by atoms with van der Waals surface area (Å²) in [5, 5.41) is 0. The van der Waals surface area contributed by atoms with Gasteiger partial charge in [0.05, 0.1) is 36.5 Å². The van der Waals surface area contributed by atoms with E-state index >= 15 is 0 Å². The molecule has 0 aromatic carbocycles. The molecule has 0 radical (unpaired) electrons. The topological polar surface area (TPSA) is 80.3 Å².